The van der Waals surface area contributed by atoms with Crippen molar-refractivity contribution in [3.05, 3.63) is 35.9 Å². The van der Waals surface area contributed by atoms with Crippen LogP contribution in [0.1, 0.15) is 445 Å². The van der Waals surface area contributed by atoms with Crippen LogP contribution in [-0.2, 0) is 15.0 Å². The fourth-order valence-electron chi connectivity index (χ4n) is 11.7. The van der Waals surface area contributed by atoms with Gasteiger partial charge in [0, 0.05) is 0 Å². The number of quaternary nitrogens is 4. The van der Waals surface area contributed by atoms with E-state index in [0.717, 1.165) is 39.0 Å². The molecular formula is C80H167N4O7P. The molecule has 11 nitrogen and oxygen atoms in total. The Bertz CT molecular complexity index is 1320. The molecule has 0 bridgehead atoms. The zero-order valence-corrected chi connectivity index (χ0v) is 63.8. The lowest BCUT2D eigenvalue weighted by Crippen LogP contribution is -2.50. The molecule has 92 heavy (non-hydrogen) atoms. The van der Waals surface area contributed by atoms with Crippen molar-refractivity contribution in [2.24, 2.45) is 0 Å². The highest BCUT2D eigenvalue weighted by Crippen LogP contribution is 2.28. The van der Waals surface area contributed by atoms with Gasteiger partial charge in [-0.25, -0.2) is 0 Å². The number of hydrogen-bond donors (Lipinski definition) is 5. The van der Waals surface area contributed by atoms with Crippen molar-refractivity contribution >= 4 is 13.8 Å². The molecule has 0 aromatic heterocycles. The van der Waals surface area contributed by atoms with Gasteiger partial charge in [0.1, 0.15) is 5.60 Å². The summed E-state index contributed by atoms with van der Waals surface area (Å²) in [5.41, 5.74) is 14.0. The Morgan fingerprint density at radius 2 is 0.446 bits per heavy atom. The highest BCUT2D eigenvalue weighted by atomic mass is 31.2. The first-order valence-corrected chi connectivity index (χ1v) is 42.1. The van der Waals surface area contributed by atoms with Gasteiger partial charge >= 0.3 is 0 Å². The lowest BCUT2D eigenvalue weighted by Gasteiger charge is -2.36. The van der Waals surface area contributed by atoms with E-state index in [0.29, 0.717) is 12.0 Å². The van der Waals surface area contributed by atoms with Crippen molar-refractivity contribution < 1.29 is 57.2 Å². The smallest absolute Gasteiger partial charge is 0.129 e. The summed E-state index contributed by atoms with van der Waals surface area (Å²) in [7, 11) is -5.39. The minimum Gasteiger partial charge on any atom is -0.822 e. The van der Waals surface area contributed by atoms with Crippen molar-refractivity contribution in [3.63, 3.8) is 0 Å². The van der Waals surface area contributed by atoms with Crippen LogP contribution in [0.25, 0.3) is 0 Å². The van der Waals surface area contributed by atoms with Crippen LogP contribution in [0, 0.1) is 0 Å². The zero-order valence-electron chi connectivity index (χ0n) is 62.9. The predicted molar refractivity (Wildman–Crippen MR) is 393 cm³/mol. The lowest BCUT2D eigenvalue weighted by molar-refractivity contribution is -0.432. The van der Waals surface area contributed by atoms with Crippen molar-refractivity contribution in [2.75, 3.05) is 26.2 Å². The molecule has 0 amide bonds. The average Bonchev–Trinajstić information content (AvgIpc) is 1.06. The van der Waals surface area contributed by atoms with Gasteiger partial charge in [-0.05, 0) is 69.8 Å². The summed E-state index contributed by atoms with van der Waals surface area (Å²) in [5.74, 6) is -1.40. The number of phosphoric acid groups is 1. The molecule has 554 valence electrons. The highest BCUT2D eigenvalue weighted by molar-refractivity contribution is 7.40. The Labute approximate surface area is 575 Å². The van der Waals surface area contributed by atoms with Crippen LogP contribution in [0.3, 0.4) is 0 Å². The summed E-state index contributed by atoms with van der Waals surface area (Å²) in [6, 6.07) is 8.60. The quantitative estimate of drug-likeness (QED) is 0.0311. The minimum atomic E-state index is -5.39. The van der Waals surface area contributed by atoms with Gasteiger partial charge in [0.2, 0.25) is 0 Å². The molecule has 0 saturated carbocycles. The normalized spacial score (nSPS) is 11.6. The van der Waals surface area contributed by atoms with Crippen molar-refractivity contribution in [1.29, 1.82) is 0 Å². The Kier molecular flexibility index (Phi) is 96.7. The van der Waals surface area contributed by atoms with Crippen molar-refractivity contribution in [1.82, 2.24) is 0 Å². The van der Waals surface area contributed by atoms with Gasteiger partial charge in [-0.1, -0.05) is 405 Å². The summed E-state index contributed by atoms with van der Waals surface area (Å²) >= 11 is 0. The maximum absolute atomic E-state index is 11.4. The second kappa shape index (κ2) is 89.6. The molecule has 0 heterocycles. The monoisotopic (exact) mass is 1330 g/mol. The number of carboxylic acids is 1. The second-order valence-electron chi connectivity index (χ2n) is 27.3. The van der Waals surface area contributed by atoms with Crippen LogP contribution in [0.15, 0.2) is 30.3 Å². The highest BCUT2D eigenvalue weighted by Gasteiger charge is 2.30. The number of carbonyl (C=O) groups is 1. The van der Waals surface area contributed by atoms with Gasteiger partial charge in [-0.2, -0.15) is 7.82 Å². The van der Waals surface area contributed by atoms with Crippen molar-refractivity contribution in [3.8, 4) is 0 Å². The van der Waals surface area contributed by atoms with E-state index in [-0.39, 0.29) is 6.42 Å². The third-order valence-electron chi connectivity index (χ3n) is 17.9. The van der Waals surface area contributed by atoms with Gasteiger partial charge in [-0.15, -0.1) is 0 Å². The van der Waals surface area contributed by atoms with E-state index in [2.05, 4.69) is 57.6 Å². The number of benzene rings is 1. The predicted octanol–water partition coefficient (Wildman–Crippen LogP) is 18.4. The van der Waals surface area contributed by atoms with Gasteiger partial charge in [0.25, 0.3) is 0 Å². The van der Waals surface area contributed by atoms with Crippen molar-refractivity contribution in [2.45, 2.75) is 445 Å². The van der Waals surface area contributed by atoms with Crippen LogP contribution in [0.2, 0.25) is 0 Å². The molecular weight excluding hydrogens is 1160 g/mol. The molecule has 0 radical (unpaired) electrons. The van der Waals surface area contributed by atoms with Crippen LogP contribution in [0.5, 0.6) is 0 Å². The first-order chi connectivity index (χ1) is 44.8. The first-order valence-electron chi connectivity index (χ1n) is 40.7. The lowest BCUT2D eigenvalue weighted by atomic mass is 9.88. The molecule has 1 atom stereocenters. The standard InChI is InChI=1S/C24H40O3.4C14H31N.H3O4P/c1-2-3-4-5-6-7-8-9-10-11-12-13-14-18-21-24(27,23(25)26)22-19-16-15-17-20-22;4*1-2-3-4-5-6-7-8-9-10-11-12-13-14-15;1-5(2,3)4/h15-17,19-20,27H,2-14,18,21H2,1H3,(H,25,26);4*2-15H2,1H3;(H3,1,2,3,4). The third-order valence-corrected chi connectivity index (χ3v) is 17.9. The van der Waals surface area contributed by atoms with Gasteiger partial charge in [0.05, 0.1) is 32.1 Å². The average molecular weight is 1330 g/mol. The van der Waals surface area contributed by atoms with Gasteiger partial charge < -0.3 is 57.2 Å². The van der Waals surface area contributed by atoms with Gasteiger partial charge in [-0.3, -0.25) is 0 Å². The molecule has 0 fully saturated rings. The summed E-state index contributed by atoms with van der Waals surface area (Å²) in [6.45, 7) is 15.9. The Hall–Kier alpha value is -1.40. The molecule has 0 aliphatic heterocycles. The fourth-order valence-corrected chi connectivity index (χ4v) is 11.7. The van der Waals surface area contributed by atoms with Crippen LogP contribution in [0.4, 0.5) is 0 Å². The number of hydrogen-bond acceptors (Lipinski definition) is 7. The summed E-state index contributed by atoms with van der Waals surface area (Å²) < 4.78 is 8.55. The molecule has 1 rings (SSSR count). The number of aliphatic hydroxyl groups is 1. The number of carboxylic acid groups (broad SMARTS) is 1. The maximum atomic E-state index is 11.4. The largest absolute Gasteiger partial charge is 0.822 e. The number of rotatable bonds is 65. The fraction of sp³-hybridized carbons (Fsp3) is 0.912. The molecule has 0 spiro atoms. The molecule has 1 unspecified atom stereocenters. The summed E-state index contributed by atoms with van der Waals surface area (Å²) in [6.07, 6.45) is 86.6. The molecule has 0 aliphatic carbocycles. The topological polar surface area (TPSA) is 257 Å². The summed E-state index contributed by atoms with van der Waals surface area (Å²) in [4.78, 5) is 37.1. The molecule has 12 heteroatoms. The Balaban J connectivity index is -0.000000345. The Morgan fingerprint density at radius 3 is 0.587 bits per heavy atom. The van der Waals surface area contributed by atoms with E-state index in [1.54, 1.807) is 24.3 Å². The van der Waals surface area contributed by atoms with E-state index < -0.39 is 19.4 Å². The first kappa shape index (κ1) is 99.3. The minimum absolute atomic E-state index is 0.220. The molecule has 13 N–H and O–H groups in total. The SMILES string of the molecule is CCCCCCCCCCCCCCCCC(O)(C(=O)[O-])c1ccccc1.CCCCCCCCCCCCCC[NH3+].CCCCCCCCCCCCCC[NH3+].CCCCCCCCCCCCCC[NH3+].CCCCCCCCCCCCCC[NH3+].O=P([O-])([O-])[O-]. The van der Waals surface area contributed by atoms with Crippen LogP contribution >= 0.6 is 7.82 Å². The van der Waals surface area contributed by atoms with E-state index in [9.17, 15) is 15.0 Å². The molecule has 1 aromatic rings. The number of aliphatic carboxylic acids is 1. The third kappa shape index (κ3) is 97.3. The summed E-state index contributed by atoms with van der Waals surface area (Å²) in [5, 5.41) is 21.9. The van der Waals surface area contributed by atoms with Gasteiger partial charge in [0.15, 0.2) is 0 Å². The number of carbonyl (C=O) groups excluding carboxylic acids is 1. The Morgan fingerprint density at radius 1 is 0.304 bits per heavy atom. The van der Waals surface area contributed by atoms with Crippen LogP contribution < -0.4 is 42.7 Å². The van der Waals surface area contributed by atoms with Crippen LogP contribution in [-0.4, -0.2) is 37.3 Å². The molecule has 0 saturated heterocycles. The van der Waals surface area contributed by atoms with E-state index in [1.165, 1.54) is 379 Å². The van der Waals surface area contributed by atoms with E-state index >= 15 is 0 Å². The zero-order chi connectivity index (χ0) is 69.1. The maximum Gasteiger partial charge on any atom is 0.129 e. The molecule has 0 aliphatic rings. The van der Waals surface area contributed by atoms with E-state index in [4.69, 9.17) is 19.2 Å². The molecule has 1 aromatic carbocycles. The van der Waals surface area contributed by atoms with E-state index in [1.807, 2.05) is 6.07 Å². The number of unbranched alkanes of at least 4 members (excludes halogenated alkanes) is 57. The second-order valence-corrected chi connectivity index (χ2v) is 28.2.